The maximum atomic E-state index is 9.50. The van der Waals surface area contributed by atoms with Crippen LogP contribution in [0.3, 0.4) is 0 Å². The molecule has 3 fully saturated rings. The lowest BCUT2D eigenvalue weighted by molar-refractivity contribution is -0.427. The molecule has 0 spiro atoms. The molecule has 144 valence electrons. The van der Waals surface area contributed by atoms with Gasteiger partial charge in [0.2, 0.25) is 0 Å². The van der Waals surface area contributed by atoms with Gasteiger partial charge in [0, 0.05) is 7.11 Å². The molecule has 0 aromatic heterocycles. The number of aliphatic hydroxyl groups is 1. The lowest BCUT2D eigenvalue weighted by Gasteiger charge is -2.40. The SMILES string of the molecule is CF.CO.PC1CCCC(C2CCC(C3CCC([IH+])CC3)CC2)C1. The summed E-state index contributed by atoms with van der Waals surface area (Å²) in [6, 6.07) is 0. The van der Waals surface area contributed by atoms with Crippen LogP contribution in [-0.4, -0.2) is 29.0 Å². The van der Waals surface area contributed by atoms with Crippen molar-refractivity contribution in [2.45, 2.75) is 86.6 Å². The summed E-state index contributed by atoms with van der Waals surface area (Å²) in [6.45, 7) is 0. The molecule has 3 aliphatic rings. The Labute approximate surface area is 165 Å². The molecule has 1 nitrogen and oxygen atoms in total. The molecular formula is C20H40FIOP+. The lowest BCUT2D eigenvalue weighted by atomic mass is 9.66. The second kappa shape index (κ2) is 13.3. The van der Waals surface area contributed by atoms with Gasteiger partial charge in [-0.05, 0) is 93.5 Å². The molecule has 0 aromatic rings. The average molecular weight is 473 g/mol. The first kappa shape index (κ1) is 23.1. The van der Waals surface area contributed by atoms with Gasteiger partial charge in [-0.25, -0.2) is 0 Å². The molecule has 0 saturated heterocycles. The van der Waals surface area contributed by atoms with E-state index in [0.717, 1.165) is 40.4 Å². The molecule has 0 amide bonds. The van der Waals surface area contributed by atoms with Crippen LogP contribution in [0.25, 0.3) is 0 Å². The van der Waals surface area contributed by atoms with E-state index < -0.39 is 0 Å². The number of rotatable bonds is 2. The topological polar surface area (TPSA) is 20.2 Å². The first-order valence-corrected chi connectivity index (χ1v) is 12.0. The average Bonchev–Trinajstić information content (AvgIpc) is 2.66. The fourth-order valence-electron chi connectivity index (χ4n) is 5.34. The van der Waals surface area contributed by atoms with Gasteiger partial charge in [0.05, 0.1) is 7.18 Å². The largest absolute Gasteiger partial charge is 0.400 e. The van der Waals surface area contributed by atoms with Crippen LogP contribution in [0, 0.1) is 23.7 Å². The summed E-state index contributed by atoms with van der Waals surface area (Å²) in [4.78, 5) is 0. The van der Waals surface area contributed by atoms with E-state index >= 15 is 0 Å². The third kappa shape index (κ3) is 7.35. The van der Waals surface area contributed by atoms with Gasteiger partial charge >= 0.3 is 0 Å². The zero-order chi connectivity index (χ0) is 17.9. The minimum atomic E-state index is 0.500. The zero-order valence-corrected chi connectivity index (χ0v) is 19.2. The number of halogens is 2. The Morgan fingerprint density at radius 1 is 0.708 bits per heavy atom. The number of alkyl halides is 2. The molecule has 3 rings (SSSR count). The van der Waals surface area contributed by atoms with Crippen LogP contribution in [0.5, 0.6) is 0 Å². The smallest absolute Gasteiger partial charge is 0.255 e. The van der Waals surface area contributed by atoms with Gasteiger partial charge in [-0.1, -0.05) is 12.8 Å². The van der Waals surface area contributed by atoms with E-state index in [1.165, 1.54) is 32.1 Å². The van der Waals surface area contributed by atoms with Crippen molar-refractivity contribution >= 4 is 9.24 Å². The molecule has 3 saturated carbocycles. The standard InChI is InChI=1S/C18H33IP.CH3F.CH4O/c19-17-10-8-14(9-11-17)13-4-6-15(7-5-13)16-2-1-3-18(20)12-16;2*1-2/h13-19H,1-12,20H2;1H3;2H,1H3/q+1;;. The van der Waals surface area contributed by atoms with Crippen LogP contribution in [-0.2, 0) is 0 Å². The number of hydrogen-bond donors (Lipinski definition) is 1. The molecule has 0 aliphatic heterocycles. The van der Waals surface area contributed by atoms with E-state index in [-0.39, 0.29) is 0 Å². The Kier molecular flexibility index (Phi) is 12.8. The zero-order valence-electron chi connectivity index (χ0n) is 15.8. The summed E-state index contributed by atoms with van der Waals surface area (Å²) in [5, 5.41) is 7.00. The number of hydrogen-bond acceptors (Lipinski definition) is 1. The molecular weight excluding hydrogens is 433 g/mol. The monoisotopic (exact) mass is 473 g/mol. The molecule has 1 N–H and O–H groups in total. The molecule has 3 aliphatic carbocycles. The highest BCUT2D eigenvalue weighted by atomic mass is 127. The van der Waals surface area contributed by atoms with E-state index in [1.807, 2.05) is 0 Å². The maximum Gasteiger partial charge on any atom is 0.255 e. The summed E-state index contributed by atoms with van der Waals surface area (Å²) < 4.78 is 10.5. The van der Waals surface area contributed by atoms with E-state index in [9.17, 15) is 4.39 Å². The van der Waals surface area contributed by atoms with Gasteiger partial charge < -0.3 is 5.11 Å². The minimum absolute atomic E-state index is 0.500. The van der Waals surface area contributed by atoms with Crippen molar-refractivity contribution in [3.63, 3.8) is 0 Å². The van der Waals surface area contributed by atoms with Crippen LogP contribution in [0.15, 0.2) is 0 Å². The first-order chi connectivity index (χ1) is 11.7. The highest BCUT2D eigenvalue weighted by molar-refractivity contribution is 7.17. The lowest BCUT2D eigenvalue weighted by Crippen LogP contribution is -3.39. The molecule has 3 atom stereocenters. The normalized spacial score (nSPS) is 39.8. The third-order valence-corrected chi connectivity index (χ3v) is 8.57. The van der Waals surface area contributed by atoms with Crippen LogP contribution in [0.2, 0.25) is 0 Å². The van der Waals surface area contributed by atoms with Crippen molar-refractivity contribution in [1.29, 1.82) is 0 Å². The second-order valence-electron chi connectivity index (χ2n) is 7.90. The highest BCUT2D eigenvalue weighted by Crippen LogP contribution is 2.45. The van der Waals surface area contributed by atoms with E-state index in [1.54, 1.807) is 44.9 Å². The molecule has 4 heteroatoms. The van der Waals surface area contributed by atoms with E-state index in [0.29, 0.717) is 7.18 Å². The van der Waals surface area contributed by atoms with Gasteiger partial charge in [-0.15, -0.1) is 9.24 Å². The Balaban J connectivity index is 0.000000671. The second-order valence-corrected chi connectivity index (χ2v) is 10.7. The predicted octanol–water partition coefficient (Wildman–Crippen LogP) is 2.27. The summed E-state index contributed by atoms with van der Waals surface area (Å²) in [6.07, 6.45) is 18.5. The van der Waals surface area contributed by atoms with Crippen LogP contribution in [0.1, 0.15) is 77.0 Å². The Morgan fingerprint density at radius 3 is 1.58 bits per heavy atom. The summed E-state index contributed by atoms with van der Waals surface area (Å²) >= 11 is 2.38. The van der Waals surface area contributed by atoms with Gasteiger partial charge in [-0.2, -0.15) is 0 Å². The maximum absolute atomic E-state index is 9.50. The third-order valence-electron chi connectivity index (χ3n) is 6.62. The van der Waals surface area contributed by atoms with Gasteiger partial charge in [-0.3, -0.25) is 4.39 Å². The van der Waals surface area contributed by atoms with Crippen molar-refractivity contribution in [3.8, 4) is 0 Å². The summed E-state index contributed by atoms with van der Waals surface area (Å²) in [7, 11) is 4.60. The molecule has 0 aromatic carbocycles. The van der Waals surface area contributed by atoms with Crippen molar-refractivity contribution in [1.82, 2.24) is 0 Å². The minimum Gasteiger partial charge on any atom is -0.400 e. The fourth-order valence-corrected chi connectivity index (χ4v) is 6.70. The Bertz CT molecular complexity index is 302. The van der Waals surface area contributed by atoms with Crippen molar-refractivity contribution < 1.29 is 32.1 Å². The first-order valence-electron chi connectivity index (χ1n) is 9.96. The van der Waals surface area contributed by atoms with Gasteiger partial charge in [0.25, 0.3) is 22.6 Å². The summed E-state index contributed by atoms with van der Waals surface area (Å²) in [5.74, 6) is 4.39. The van der Waals surface area contributed by atoms with Gasteiger partial charge in [0.15, 0.2) is 3.92 Å². The summed E-state index contributed by atoms with van der Waals surface area (Å²) in [5.41, 5.74) is 0.937. The molecule has 3 unspecified atom stereocenters. The van der Waals surface area contributed by atoms with Crippen molar-refractivity contribution in [2.75, 3.05) is 14.3 Å². The Hall–Kier alpha value is 1.05. The molecule has 0 radical (unpaired) electrons. The van der Waals surface area contributed by atoms with Crippen LogP contribution < -0.4 is 22.6 Å². The number of aliphatic hydroxyl groups excluding tert-OH is 1. The van der Waals surface area contributed by atoms with Crippen molar-refractivity contribution in [2.24, 2.45) is 23.7 Å². The molecule has 0 heterocycles. The highest BCUT2D eigenvalue weighted by Gasteiger charge is 2.35. The van der Waals surface area contributed by atoms with Crippen LogP contribution in [0.4, 0.5) is 4.39 Å². The van der Waals surface area contributed by atoms with E-state index in [2.05, 4.69) is 31.8 Å². The molecule has 0 bridgehead atoms. The van der Waals surface area contributed by atoms with Gasteiger partial charge in [0.1, 0.15) is 0 Å². The predicted molar refractivity (Wildman–Crippen MR) is 103 cm³/mol. The fraction of sp³-hybridized carbons (Fsp3) is 1.00. The van der Waals surface area contributed by atoms with Crippen molar-refractivity contribution in [3.05, 3.63) is 0 Å². The Morgan fingerprint density at radius 2 is 1.12 bits per heavy atom. The van der Waals surface area contributed by atoms with E-state index in [4.69, 9.17) is 5.11 Å². The van der Waals surface area contributed by atoms with Crippen LogP contribution >= 0.6 is 9.24 Å². The molecule has 24 heavy (non-hydrogen) atoms. The quantitative estimate of drug-likeness (QED) is 0.371.